The van der Waals surface area contributed by atoms with Gasteiger partial charge in [-0.1, -0.05) is 0 Å². The van der Waals surface area contributed by atoms with E-state index in [0.29, 0.717) is 39.2 Å². The summed E-state index contributed by atoms with van der Waals surface area (Å²) in [5.41, 5.74) is 3.23. The van der Waals surface area contributed by atoms with Gasteiger partial charge in [-0.2, -0.15) is 0 Å². The summed E-state index contributed by atoms with van der Waals surface area (Å²) in [5, 5.41) is 2.75. The van der Waals surface area contributed by atoms with Gasteiger partial charge in [0, 0.05) is 11.4 Å². The molecule has 0 unspecified atom stereocenters. The average Bonchev–Trinajstić information content (AvgIpc) is 3.05. The van der Waals surface area contributed by atoms with Gasteiger partial charge < -0.3 is 25.0 Å². The Morgan fingerprint density at radius 2 is 1.84 bits per heavy atom. The molecule has 0 aliphatic heterocycles. The van der Waals surface area contributed by atoms with Crippen molar-refractivity contribution in [2.45, 2.75) is 20.8 Å². The predicted octanol–water partition coefficient (Wildman–Crippen LogP) is 2.23. The number of nitrogens with one attached hydrogen (secondary N) is 4. The Morgan fingerprint density at radius 3 is 2.56 bits per heavy atom. The van der Waals surface area contributed by atoms with Gasteiger partial charge in [0.2, 0.25) is 0 Å². The lowest BCUT2D eigenvalue weighted by atomic mass is 10.1. The maximum atomic E-state index is 12.5. The topological polar surface area (TPSA) is 120 Å². The number of anilines is 1. The first-order chi connectivity index (χ1) is 11.9. The Kier molecular flexibility index (Phi) is 4.18. The number of amides is 1. The van der Waals surface area contributed by atoms with Crippen molar-refractivity contribution in [3.63, 3.8) is 0 Å². The minimum absolute atomic E-state index is 0.263. The molecule has 1 amide bonds. The van der Waals surface area contributed by atoms with Gasteiger partial charge in [-0.3, -0.25) is 4.79 Å². The second-order valence-corrected chi connectivity index (χ2v) is 5.64. The van der Waals surface area contributed by atoms with Crippen LogP contribution < -0.4 is 11.0 Å². The zero-order valence-electron chi connectivity index (χ0n) is 14.1. The fourth-order valence-corrected chi connectivity index (χ4v) is 2.79. The quantitative estimate of drug-likeness (QED) is 0.543. The minimum Gasteiger partial charge on any atom is -0.462 e. The fourth-order valence-electron chi connectivity index (χ4n) is 2.79. The highest BCUT2D eigenvalue weighted by Crippen LogP contribution is 2.21. The van der Waals surface area contributed by atoms with E-state index >= 15 is 0 Å². The van der Waals surface area contributed by atoms with Crippen LogP contribution in [-0.4, -0.2) is 33.4 Å². The van der Waals surface area contributed by atoms with Gasteiger partial charge in [-0.15, -0.1) is 0 Å². The number of carbonyl (C=O) groups is 2. The molecule has 8 nitrogen and oxygen atoms in total. The standard InChI is InChI=1S/C17H18N4O4/c1-4-25-16(23)13-8(2)14(18-9(13)3)15(22)19-10-5-6-11-12(7-10)21-17(24)20-11/h5-7,18H,4H2,1-3H3,(H,19,22)(H2,20,21,24). The summed E-state index contributed by atoms with van der Waals surface area (Å²) in [5.74, 6) is -0.840. The van der Waals surface area contributed by atoms with Crippen LogP contribution in [0.2, 0.25) is 0 Å². The number of aromatic nitrogens is 3. The zero-order chi connectivity index (χ0) is 18.1. The highest BCUT2D eigenvalue weighted by Gasteiger charge is 2.22. The zero-order valence-corrected chi connectivity index (χ0v) is 14.1. The molecule has 0 spiro atoms. The second kappa shape index (κ2) is 6.31. The van der Waals surface area contributed by atoms with Gasteiger partial charge in [0.05, 0.1) is 23.2 Å². The number of aryl methyl sites for hydroxylation is 1. The largest absolute Gasteiger partial charge is 0.462 e. The molecule has 3 aromatic rings. The van der Waals surface area contributed by atoms with Crippen LogP contribution in [-0.2, 0) is 4.74 Å². The first kappa shape index (κ1) is 16.6. The molecule has 2 heterocycles. The van der Waals surface area contributed by atoms with E-state index in [9.17, 15) is 14.4 Å². The molecule has 0 bridgehead atoms. The highest BCUT2D eigenvalue weighted by atomic mass is 16.5. The van der Waals surface area contributed by atoms with Gasteiger partial charge in [-0.05, 0) is 44.5 Å². The molecule has 8 heteroatoms. The summed E-state index contributed by atoms with van der Waals surface area (Å²) in [7, 11) is 0. The molecule has 2 aromatic heterocycles. The molecule has 25 heavy (non-hydrogen) atoms. The van der Waals surface area contributed by atoms with Crippen molar-refractivity contribution < 1.29 is 14.3 Å². The first-order valence-electron chi connectivity index (χ1n) is 7.80. The van der Waals surface area contributed by atoms with Crippen LogP contribution in [0.3, 0.4) is 0 Å². The number of carbonyl (C=O) groups excluding carboxylic acids is 2. The molecular weight excluding hydrogens is 324 g/mol. The number of hydrogen-bond acceptors (Lipinski definition) is 4. The predicted molar refractivity (Wildman–Crippen MR) is 93.1 cm³/mol. The lowest BCUT2D eigenvalue weighted by Gasteiger charge is -2.05. The molecule has 0 aliphatic rings. The van der Waals surface area contributed by atoms with E-state index < -0.39 is 5.97 Å². The molecule has 0 saturated heterocycles. The van der Waals surface area contributed by atoms with E-state index in [1.165, 1.54) is 0 Å². The molecule has 0 fully saturated rings. The van der Waals surface area contributed by atoms with Gasteiger partial charge in [0.25, 0.3) is 5.91 Å². The van der Waals surface area contributed by atoms with Crippen LogP contribution in [0, 0.1) is 13.8 Å². The molecule has 0 radical (unpaired) electrons. The van der Waals surface area contributed by atoms with E-state index in [2.05, 4.69) is 20.3 Å². The van der Waals surface area contributed by atoms with Gasteiger partial charge in [-0.25, -0.2) is 9.59 Å². The molecule has 0 saturated carbocycles. The lowest BCUT2D eigenvalue weighted by molar-refractivity contribution is 0.0525. The normalized spacial score (nSPS) is 10.8. The van der Waals surface area contributed by atoms with E-state index in [0.717, 1.165) is 0 Å². The van der Waals surface area contributed by atoms with Crippen LogP contribution in [0.5, 0.6) is 0 Å². The summed E-state index contributed by atoms with van der Waals surface area (Å²) in [6.07, 6.45) is 0. The van der Waals surface area contributed by atoms with E-state index in [-0.39, 0.29) is 18.2 Å². The molecule has 0 atom stereocenters. The van der Waals surface area contributed by atoms with E-state index in [1.54, 1.807) is 39.0 Å². The molecule has 3 rings (SSSR count). The van der Waals surface area contributed by atoms with Crippen molar-refractivity contribution in [2.75, 3.05) is 11.9 Å². The Balaban J connectivity index is 1.88. The number of aromatic amines is 3. The number of hydrogen-bond donors (Lipinski definition) is 4. The summed E-state index contributed by atoms with van der Waals surface area (Å²) in [4.78, 5) is 44.1. The molecule has 0 aliphatic carbocycles. The number of ether oxygens (including phenoxy) is 1. The third kappa shape index (κ3) is 3.06. The lowest BCUT2D eigenvalue weighted by Crippen LogP contribution is -2.14. The summed E-state index contributed by atoms with van der Waals surface area (Å²) < 4.78 is 5.02. The first-order valence-corrected chi connectivity index (χ1v) is 7.80. The fraction of sp³-hybridized carbons (Fsp3) is 0.235. The molecule has 4 N–H and O–H groups in total. The maximum Gasteiger partial charge on any atom is 0.340 e. The van der Waals surface area contributed by atoms with Crippen LogP contribution in [0.15, 0.2) is 23.0 Å². The molecule has 1 aromatic carbocycles. The minimum atomic E-state index is -0.459. The van der Waals surface area contributed by atoms with E-state index in [4.69, 9.17) is 4.74 Å². The van der Waals surface area contributed by atoms with Crippen molar-refractivity contribution in [3.8, 4) is 0 Å². The maximum absolute atomic E-state index is 12.5. The van der Waals surface area contributed by atoms with Gasteiger partial charge >= 0.3 is 11.7 Å². The third-order valence-electron chi connectivity index (χ3n) is 3.92. The second-order valence-electron chi connectivity index (χ2n) is 5.64. The van der Waals surface area contributed by atoms with Crippen molar-refractivity contribution >= 4 is 28.6 Å². The number of imidazole rings is 1. The summed E-state index contributed by atoms with van der Waals surface area (Å²) in [6, 6.07) is 5.03. The Hall–Kier alpha value is -3.29. The highest BCUT2D eigenvalue weighted by molar-refractivity contribution is 6.07. The Bertz CT molecular complexity index is 1030. The van der Waals surface area contributed by atoms with Gasteiger partial charge in [0.1, 0.15) is 5.69 Å². The van der Waals surface area contributed by atoms with E-state index in [1.807, 2.05) is 0 Å². The van der Waals surface area contributed by atoms with Crippen LogP contribution in [0.4, 0.5) is 5.69 Å². The smallest absolute Gasteiger partial charge is 0.340 e. The Morgan fingerprint density at radius 1 is 1.12 bits per heavy atom. The van der Waals surface area contributed by atoms with Crippen molar-refractivity contribution in [1.82, 2.24) is 15.0 Å². The van der Waals surface area contributed by atoms with Crippen molar-refractivity contribution in [1.29, 1.82) is 0 Å². The van der Waals surface area contributed by atoms with Crippen molar-refractivity contribution in [2.24, 2.45) is 0 Å². The third-order valence-corrected chi connectivity index (χ3v) is 3.92. The number of H-pyrrole nitrogens is 3. The number of benzene rings is 1. The Labute approximate surface area is 142 Å². The number of fused-ring (bicyclic) bond motifs is 1. The van der Waals surface area contributed by atoms with Gasteiger partial charge in [0.15, 0.2) is 0 Å². The summed E-state index contributed by atoms with van der Waals surface area (Å²) in [6.45, 7) is 5.40. The number of esters is 1. The van der Waals surface area contributed by atoms with Crippen LogP contribution in [0.25, 0.3) is 11.0 Å². The van der Waals surface area contributed by atoms with Crippen molar-refractivity contribution in [3.05, 3.63) is 51.2 Å². The summed E-state index contributed by atoms with van der Waals surface area (Å²) >= 11 is 0. The monoisotopic (exact) mass is 342 g/mol. The molecule has 130 valence electrons. The van der Waals surface area contributed by atoms with Crippen LogP contribution >= 0.6 is 0 Å². The number of rotatable bonds is 4. The van der Waals surface area contributed by atoms with Crippen LogP contribution in [0.1, 0.15) is 39.0 Å². The SMILES string of the molecule is CCOC(=O)c1c(C)[nH]c(C(=O)Nc2ccc3[nH]c(=O)[nH]c3c2)c1C. The average molecular weight is 342 g/mol. The molecular formula is C17H18N4O4.